The van der Waals surface area contributed by atoms with Crippen LogP contribution in [0.15, 0.2) is 89.1 Å². The van der Waals surface area contributed by atoms with Crippen LogP contribution in [0.1, 0.15) is 26.3 Å². The number of rotatable bonds is 4. The van der Waals surface area contributed by atoms with Crippen molar-refractivity contribution < 1.29 is 14.7 Å². The van der Waals surface area contributed by atoms with Crippen LogP contribution in [0.25, 0.3) is 10.8 Å². The molecule has 32 heavy (non-hydrogen) atoms. The van der Waals surface area contributed by atoms with Gasteiger partial charge in [-0.15, -0.1) is 10.2 Å². The fourth-order valence-corrected chi connectivity index (χ4v) is 3.41. The normalized spacial score (nSPS) is 11.1. The topological polar surface area (TPSA) is 91.1 Å². The molecule has 0 radical (unpaired) electrons. The van der Waals surface area contributed by atoms with Crippen LogP contribution in [-0.4, -0.2) is 16.9 Å². The maximum Gasteiger partial charge on any atom is 0.297 e. The summed E-state index contributed by atoms with van der Waals surface area (Å²) in [5.41, 5.74) is 2.03. The summed E-state index contributed by atoms with van der Waals surface area (Å²) in [5.74, 6) is -0.813. The van der Waals surface area contributed by atoms with Crippen LogP contribution >= 0.6 is 11.6 Å². The number of fused-ring (bicyclic) bond motifs is 1. The van der Waals surface area contributed by atoms with Crippen LogP contribution in [0, 0.1) is 6.92 Å². The van der Waals surface area contributed by atoms with Gasteiger partial charge in [0.15, 0.2) is 0 Å². The van der Waals surface area contributed by atoms with E-state index in [4.69, 9.17) is 11.6 Å². The third-order valence-electron chi connectivity index (χ3n) is 4.95. The van der Waals surface area contributed by atoms with E-state index < -0.39 is 5.91 Å². The van der Waals surface area contributed by atoms with Gasteiger partial charge >= 0.3 is 0 Å². The third-order valence-corrected chi connectivity index (χ3v) is 5.20. The number of hydrogen-bond acceptors (Lipinski definition) is 4. The number of nitrogens with zero attached hydrogens (tertiary/aromatic N) is 2. The van der Waals surface area contributed by atoms with Crippen molar-refractivity contribution in [3.8, 4) is 5.75 Å². The fourth-order valence-electron chi connectivity index (χ4n) is 3.29. The summed E-state index contributed by atoms with van der Waals surface area (Å²) in [6.07, 6.45) is 0. The zero-order valence-electron chi connectivity index (χ0n) is 17.0. The van der Waals surface area contributed by atoms with E-state index in [0.29, 0.717) is 38.3 Å². The number of amides is 2. The fraction of sp³-hybridized carbons (Fsp3) is 0.0400. The molecule has 0 aromatic heterocycles. The lowest BCUT2D eigenvalue weighted by molar-refractivity contribution is 0.0996. The summed E-state index contributed by atoms with van der Waals surface area (Å²) in [7, 11) is 0. The van der Waals surface area contributed by atoms with Crippen molar-refractivity contribution in [3.63, 3.8) is 0 Å². The summed E-state index contributed by atoms with van der Waals surface area (Å²) in [6.45, 7) is 1.75. The zero-order chi connectivity index (χ0) is 22.7. The molecule has 4 rings (SSSR count). The Labute approximate surface area is 189 Å². The van der Waals surface area contributed by atoms with E-state index in [0.717, 1.165) is 0 Å². The van der Waals surface area contributed by atoms with Gasteiger partial charge in [-0.25, -0.2) is 0 Å². The van der Waals surface area contributed by atoms with Gasteiger partial charge in [-0.2, -0.15) is 0 Å². The molecule has 0 aliphatic carbocycles. The van der Waals surface area contributed by atoms with Gasteiger partial charge in [0.2, 0.25) is 0 Å². The number of benzene rings is 4. The number of hydrogen-bond donors (Lipinski definition) is 2. The predicted octanol–water partition coefficient (Wildman–Crippen LogP) is 6.68. The Morgan fingerprint density at radius 2 is 1.56 bits per heavy atom. The Bertz CT molecular complexity index is 1360. The first kappa shape index (κ1) is 21.2. The molecule has 2 amide bonds. The van der Waals surface area contributed by atoms with Gasteiger partial charge in [0.05, 0.1) is 16.9 Å². The minimum atomic E-state index is -0.605. The van der Waals surface area contributed by atoms with E-state index >= 15 is 0 Å². The van der Waals surface area contributed by atoms with E-state index in [9.17, 15) is 14.7 Å². The lowest BCUT2D eigenvalue weighted by Gasteiger charge is -2.09. The van der Waals surface area contributed by atoms with Gasteiger partial charge in [-0.3, -0.25) is 9.59 Å². The van der Waals surface area contributed by atoms with Crippen LogP contribution in [0.5, 0.6) is 5.75 Å². The Morgan fingerprint density at radius 3 is 2.31 bits per heavy atom. The Morgan fingerprint density at radius 1 is 0.906 bits per heavy atom. The van der Waals surface area contributed by atoms with Crippen molar-refractivity contribution in [2.75, 3.05) is 5.32 Å². The first-order valence-electron chi connectivity index (χ1n) is 9.77. The van der Waals surface area contributed by atoms with Gasteiger partial charge in [0.1, 0.15) is 5.75 Å². The maximum absolute atomic E-state index is 12.8. The molecule has 0 saturated carbocycles. The van der Waals surface area contributed by atoms with Crippen molar-refractivity contribution in [3.05, 3.63) is 101 Å². The highest BCUT2D eigenvalue weighted by Gasteiger charge is 2.15. The number of anilines is 1. The number of carbonyl (C=O) groups excluding carboxylic acids is 2. The Balaban J connectivity index is 1.62. The molecule has 2 N–H and O–H groups in total. The number of aryl methyl sites for hydroxylation is 1. The smallest absolute Gasteiger partial charge is 0.297 e. The predicted molar refractivity (Wildman–Crippen MR) is 125 cm³/mol. The standard InChI is InChI=1S/C25H18ClN3O3/c1-15-14-22(18-6-2-3-7-19(18)23(15)30)28-29-25(32)20-8-4-5-9-21(20)27-24(31)16-10-12-17(26)13-11-16/h2-14,30H,1H3,(H,27,31). The molecule has 0 saturated heterocycles. The highest BCUT2D eigenvalue weighted by atomic mass is 35.5. The van der Waals surface area contributed by atoms with Crippen molar-refractivity contribution >= 4 is 45.6 Å². The van der Waals surface area contributed by atoms with Crippen molar-refractivity contribution in [2.24, 2.45) is 10.2 Å². The van der Waals surface area contributed by atoms with Crippen LogP contribution in [0.3, 0.4) is 0 Å². The lowest BCUT2D eigenvalue weighted by atomic mass is 10.0. The molecule has 0 spiro atoms. The maximum atomic E-state index is 12.8. The molecule has 0 aliphatic rings. The van der Waals surface area contributed by atoms with Gasteiger partial charge in [-0.1, -0.05) is 48.0 Å². The summed E-state index contributed by atoms with van der Waals surface area (Å²) in [4.78, 5) is 25.4. The molecule has 0 fully saturated rings. The molecular weight excluding hydrogens is 426 g/mol. The van der Waals surface area contributed by atoms with E-state index in [1.165, 1.54) is 0 Å². The van der Waals surface area contributed by atoms with Crippen LogP contribution in [0.2, 0.25) is 5.02 Å². The number of halogens is 1. The van der Waals surface area contributed by atoms with E-state index in [1.54, 1.807) is 73.7 Å². The van der Waals surface area contributed by atoms with Crippen molar-refractivity contribution in [1.29, 1.82) is 0 Å². The van der Waals surface area contributed by atoms with E-state index in [-0.39, 0.29) is 17.2 Å². The number of phenols is 1. The van der Waals surface area contributed by atoms with E-state index in [1.807, 2.05) is 12.1 Å². The summed E-state index contributed by atoms with van der Waals surface area (Å²) in [6, 6.07) is 21.9. The van der Waals surface area contributed by atoms with Gasteiger partial charge < -0.3 is 10.4 Å². The third kappa shape index (κ3) is 4.36. The van der Waals surface area contributed by atoms with E-state index in [2.05, 4.69) is 15.5 Å². The van der Waals surface area contributed by atoms with Gasteiger partial charge in [-0.05, 0) is 55.0 Å². The Kier molecular flexibility index (Phi) is 5.96. The molecule has 158 valence electrons. The number of carbonyl (C=O) groups is 2. The number of para-hydroxylation sites is 1. The summed E-state index contributed by atoms with van der Waals surface area (Å²) in [5, 5.41) is 22.9. The van der Waals surface area contributed by atoms with Crippen LogP contribution < -0.4 is 5.32 Å². The van der Waals surface area contributed by atoms with Crippen molar-refractivity contribution in [1.82, 2.24) is 0 Å². The highest BCUT2D eigenvalue weighted by molar-refractivity contribution is 6.30. The first-order valence-corrected chi connectivity index (χ1v) is 10.1. The van der Waals surface area contributed by atoms with Gasteiger partial charge in [0.25, 0.3) is 11.8 Å². The number of nitrogens with one attached hydrogen (secondary N) is 1. The molecule has 0 heterocycles. The molecule has 0 atom stereocenters. The zero-order valence-corrected chi connectivity index (χ0v) is 17.8. The summed E-state index contributed by atoms with van der Waals surface area (Å²) >= 11 is 5.87. The second-order valence-electron chi connectivity index (χ2n) is 7.12. The molecule has 0 bridgehead atoms. The second-order valence-corrected chi connectivity index (χ2v) is 7.55. The SMILES string of the molecule is Cc1cc(N=NC(=O)c2ccccc2NC(=O)c2ccc(Cl)cc2)c2ccccc2c1O. The number of aromatic hydroxyl groups is 1. The summed E-state index contributed by atoms with van der Waals surface area (Å²) < 4.78 is 0. The molecule has 4 aromatic carbocycles. The molecule has 0 unspecified atom stereocenters. The van der Waals surface area contributed by atoms with Crippen LogP contribution in [0.4, 0.5) is 11.4 Å². The minimum Gasteiger partial charge on any atom is -0.507 e. The molecule has 4 aromatic rings. The number of phenolic OH excluding ortho intramolecular Hbond substituents is 1. The average molecular weight is 444 g/mol. The first-order chi connectivity index (χ1) is 15.4. The lowest BCUT2D eigenvalue weighted by Crippen LogP contribution is -2.14. The average Bonchev–Trinajstić information content (AvgIpc) is 2.81. The highest BCUT2D eigenvalue weighted by Crippen LogP contribution is 2.35. The molecule has 0 aliphatic heterocycles. The minimum absolute atomic E-state index is 0.168. The second kappa shape index (κ2) is 8.99. The quantitative estimate of drug-likeness (QED) is 0.344. The Hall–Kier alpha value is -4.03. The monoisotopic (exact) mass is 443 g/mol. The largest absolute Gasteiger partial charge is 0.507 e. The molecule has 7 heteroatoms. The van der Waals surface area contributed by atoms with Crippen LogP contribution in [-0.2, 0) is 0 Å². The van der Waals surface area contributed by atoms with Crippen molar-refractivity contribution in [2.45, 2.75) is 6.92 Å². The molecular formula is C25H18ClN3O3. The molecule has 6 nitrogen and oxygen atoms in total. The van der Waals surface area contributed by atoms with Gasteiger partial charge in [0, 0.05) is 21.4 Å². The number of azo groups is 1.